The van der Waals surface area contributed by atoms with Crippen molar-refractivity contribution < 1.29 is 0 Å². The highest BCUT2D eigenvalue weighted by Gasteiger charge is 2.46. The third-order valence-corrected chi connectivity index (χ3v) is 12.7. The Morgan fingerprint density at radius 1 is 0.322 bits per heavy atom. The van der Waals surface area contributed by atoms with Gasteiger partial charge in [-0.25, -0.2) is 0 Å². The summed E-state index contributed by atoms with van der Waals surface area (Å²) in [5, 5.41) is 3.74. The van der Waals surface area contributed by atoms with Gasteiger partial charge in [-0.05, 0) is 104 Å². The van der Waals surface area contributed by atoms with Gasteiger partial charge in [-0.3, -0.25) is 0 Å². The third kappa shape index (κ3) is 5.00. The summed E-state index contributed by atoms with van der Waals surface area (Å²) < 4.78 is 4.76. The van der Waals surface area contributed by atoms with E-state index in [-0.39, 0.29) is 0 Å². The first-order chi connectivity index (χ1) is 29.3. The average molecular weight is 751 g/mol. The minimum atomic E-state index is -0.431. The maximum atomic E-state index is 2.45. The number of nitrogens with zero attached hydrogens (tertiary/aromatic N) is 2. The fourth-order valence-corrected chi connectivity index (χ4v) is 10.0. The zero-order chi connectivity index (χ0) is 38.9. The Kier molecular flexibility index (Phi) is 7.48. The molecule has 0 bridgehead atoms. The van der Waals surface area contributed by atoms with Crippen LogP contribution in [-0.2, 0) is 5.41 Å². The van der Waals surface area contributed by atoms with E-state index in [4.69, 9.17) is 0 Å². The second-order valence-corrected chi connectivity index (χ2v) is 15.7. The van der Waals surface area contributed by atoms with Crippen LogP contribution in [0.4, 0.5) is 0 Å². The van der Waals surface area contributed by atoms with Gasteiger partial charge in [0, 0.05) is 33.7 Å². The monoisotopic (exact) mass is 750 g/mol. The van der Waals surface area contributed by atoms with Gasteiger partial charge in [0.2, 0.25) is 0 Å². The summed E-state index contributed by atoms with van der Waals surface area (Å²) in [6, 6.07) is 82.4. The van der Waals surface area contributed by atoms with Crippen LogP contribution >= 0.6 is 0 Å². The SMILES string of the molecule is c1ccc(-c2ccc(-n3ccc4c3ccc3c5ccccc5n(-c5ccc(-c6ccc7c(c6)C(c6ccccc6)(c6ccccc6)c6ccccc6-7)cc5)c34)cc2)cc1. The summed E-state index contributed by atoms with van der Waals surface area (Å²) >= 11 is 0. The molecule has 0 saturated heterocycles. The van der Waals surface area contributed by atoms with Crippen molar-refractivity contribution in [2.45, 2.75) is 5.41 Å². The lowest BCUT2D eigenvalue weighted by Gasteiger charge is -2.34. The normalized spacial score (nSPS) is 12.9. The molecule has 59 heavy (non-hydrogen) atoms. The van der Waals surface area contributed by atoms with Crippen LogP contribution in [0.25, 0.3) is 77.5 Å². The maximum Gasteiger partial charge on any atom is 0.0713 e. The lowest BCUT2D eigenvalue weighted by molar-refractivity contribution is 0.769. The predicted molar refractivity (Wildman–Crippen MR) is 246 cm³/mol. The summed E-state index contributed by atoms with van der Waals surface area (Å²) in [4.78, 5) is 0. The molecule has 12 rings (SSSR count). The molecule has 276 valence electrons. The predicted octanol–water partition coefficient (Wildman–Crippen LogP) is 14.4. The van der Waals surface area contributed by atoms with E-state index >= 15 is 0 Å². The van der Waals surface area contributed by atoms with E-state index in [0.29, 0.717) is 0 Å². The molecule has 0 amide bonds. The number of aromatic nitrogens is 2. The molecular formula is C57H38N2. The number of fused-ring (bicyclic) bond motifs is 8. The van der Waals surface area contributed by atoms with E-state index < -0.39 is 5.41 Å². The molecule has 2 heterocycles. The number of hydrogen-bond acceptors (Lipinski definition) is 0. The molecule has 0 atom stereocenters. The molecule has 0 fully saturated rings. The molecule has 2 heteroatoms. The van der Waals surface area contributed by atoms with E-state index in [1.165, 1.54) is 88.3 Å². The molecule has 0 unspecified atom stereocenters. The fraction of sp³-hybridized carbons (Fsp3) is 0.0175. The second kappa shape index (κ2) is 13.2. The van der Waals surface area contributed by atoms with Crippen LogP contribution in [0.15, 0.2) is 231 Å². The van der Waals surface area contributed by atoms with Crippen molar-refractivity contribution in [1.82, 2.24) is 9.13 Å². The van der Waals surface area contributed by atoms with E-state index in [1.807, 2.05) is 0 Å². The first-order valence-corrected chi connectivity index (χ1v) is 20.4. The molecule has 0 saturated carbocycles. The van der Waals surface area contributed by atoms with Crippen LogP contribution in [0.1, 0.15) is 22.3 Å². The molecule has 11 aromatic rings. The topological polar surface area (TPSA) is 9.86 Å². The Balaban J connectivity index is 0.987. The van der Waals surface area contributed by atoms with Crippen LogP contribution in [0, 0.1) is 0 Å². The molecule has 9 aromatic carbocycles. The van der Waals surface area contributed by atoms with E-state index in [9.17, 15) is 0 Å². The average Bonchev–Trinajstić information content (AvgIpc) is 3.99. The Morgan fingerprint density at radius 3 is 1.61 bits per heavy atom. The number of hydrogen-bond donors (Lipinski definition) is 0. The van der Waals surface area contributed by atoms with Gasteiger partial charge in [0.15, 0.2) is 0 Å². The van der Waals surface area contributed by atoms with Gasteiger partial charge in [0.1, 0.15) is 0 Å². The highest BCUT2D eigenvalue weighted by Crippen LogP contribution is 2.56. The molecule has 2 aromatic heterocycles. The number of benzene rings is 9. The van der Waals surface area contributed by atoms with Crippen molar-refractivity contribution in [3.05, 3.63) is 253 Å². The summed E-state index contributed by atoms with van der Waals surface area (Å²) in [5.41, 5.74) is 18.1. The van der Waals surface area contributed by atoms with Crippen LogP contribution in [0.5, 0.6) is 0 Å². The zero-order valence-electron chi connectivity index (χ0n) is 32.3. The third-order valence-electron chi connectivity index (χ3n) is 12.7. The molecule has 0 spiro atoms. The van der Waals surface area contributed by atoms with Crippen molar-refractivity contribution in [2.24, 2.45) is 0 Å². The van der Waals surface area contributed by atoms with Gasteiger partial charge < -0.3 is 9.13 Å². The van der Waals surface area contributed by atoms with Crippen molar-refractivity contribution in [1.29, 1.82) is 0 Å². The number of para-hydroxylation sites is 1. The van der Waals surface area contributed by atoms with E-state index in [2.05, 4.69) is 240 Å². The first kappa shape index (κ1) is 33.5. The smallest absolute Gasteiger partial charge is 0.0713 e. The maximum absolute atomic E-state index is 2.45. The highest BCUT2D eigenvalue weighted by atomic mass is 15.0. The summed E-state index contributed by atoms with van der Waals surface area (Å²) in [6.45, 7) is 0. The van der Waals surface area contributed by atoms with Crippen LogP contribution < -0.4 is 0 Å². The van der Waals surface area contributed by atoms with Gasteiger partial charge in [-0.2, -0.15) is 0 Å². The first-order valence-electron chi connectivity index (χ1n) is 20.4. The molecule has 0 aliphatic heterocycles. The Bertz CT molecular complexity index is 3300. The molecule has 0 radical (unpaired) electrons. The molecular weight excluding hydrogens is 713 g/mol. The van der Waals surface area contributed by atoms with Gasteiger partial charge in [0.25, 0.3) is 0 Å². The minimum absolute atomic E-state index is 0.431. The molecule has 1 aliphatic carbocycles. The minimum Gasteiger partial charge on any atom is -0.316 e. The summed E-state index contributed by atoms with van der Waals surface area (Å²) in [7, 11) is 0. The molecule has 2 nitrogen and oxygen atoms in total. The van der Waals surface area contributed by atoms with Crippen molar-refractivity contribution in [3.8, 4) is 44.8 Å². The van der Waals surface area contributed by atoms with Gasteiger partial charge >= 0.3 is 0 Å². The van der Waals surface area contributed by atoms with Gasteiger partial charge in [-0.15, -0.1) is 0 Å². The van der Waals surface area contributed by atoms with Gasteiger partial charge in [-0.1, -0.05) is 176 Å². The standard InChI is InChI=1S/C57H38N2/c1-4-14-39(15-5-1)40-24-29-45(30-25-40)58-37-36-51-54(58)35-34-50-49-21-11-13-23-55(49)59(56(50)51)46-31-26-41(27-32-46)42-28-33-48-47-20-10-12-22-52(47)57(53(48)38-42,43-16-6-2-7-17-43)44-18-8-3-9-19-44/h1-38H. The molecule has 0 N–H and O–H groups in total. The fourth-order valence-electron chi connectivity index (χ4n) is 10.0. The van der Waals surface area contributed by atoms with Crippen LogP contribution in [-0.4, -0.2) is 9.13 Å². The Hall–Kier alpha value is -7.68. The Labute approximate surface area is 343 Å². The van der Waals surface area contributed by atoms with E-state index in [1.54, 1.807) is 0 Å². The molecule has 1 aliphatic rings. The number of rotatable bonds is 6. The van der Waals surface area contributed by atoms with Crippen molar-refractivity contribution in [2.75, 3.05) is 0 Å². The lowest BCUT2D eigenvalue weighted by Crippen LogP contribution is -2.28. The van der Waals surface area contributed by atoms with Crippen LogP contribution in [0.3, 0.4) is 0 Å². The van der Waals surface area contributed by atoms with Crippen molar-refractivity contribution >= 4 is 32.7 Å². The lowest BCUT2D eigenvalue weighted by atomic mass is 9.67. The highest BCUT2D eigenvalue weighted by molar-refractivity contribution is 6.18. The zero-order valence-corrected chi connectivity index (χ0v) is 32.3. The van der Waals surface area contributed by atoms with E-state index in [0.717, 1.165) is 11.4 Å². The quantitative estimate of drug-likeness (QED) is 0.160. The largest absolute Gasteiger partial charge is 0.316 e. The summed E-state index contributed by atoms with van der Waals surface area (Å²) in [5.74, 6) is 0. The van der Waals surface area contributed by atoms with Crippen molar-refractivity contribution in [3.63, 3.8) is 0 Å². The van der Waals surface area contributed by atoms with Crippen LogP contribution in [0.2, 0.25) is 0 Å². The second-order valence-electron chi connectivity index (χ2n) is 15.7. The Morgan fingerprint density at radius 2 is 0.881 bits per heavy atom. The van der Waals surface area contributed by atoms with Gasteiger partial charge in [0.05, 0.1) is 22.0 Å². The summed E-state index contributed by atoms with van der Waals surface area (Å²) in [6.07, 6.45) is 2.21.